The largest absolute Gasteiger partial charge is 0.497 e. The highest BCUT2D eigenvalue weighted by Gasteiger charge is 2.49. The Labute approximate surface area is 206 Å². The lowest BCUT2D eigenvalue weighted by Crippen LogP contribution is -2.72. The number of hydrogen-bond donors (Lipinski definition) is 1. The second kappa shape index (κ2) is 9.11. The monoisotopic (exact) mass is 491 g/mol. The number of methoxy groups -OCH3 is 1. The van der Waals surface area contributed by atoms with Crippen molar-refractivity contribution in [1.82, 2.24) is 14.5 Å². The van der Waals surface area contributed by atoms with Crippen molar-refractivity contribution in [3.8, 4) is 16.9 Å². The van der Waals surface area contributed by atoms with Gasteiger partial charge in [-0.15, -0.1) is 0 Å². The fourth-order valence-electron chi connectivity index (χ4n) is 5.05. The Kier molecular flexibility index (Phi) is 6.13. The van der Waals surface area contributed by atoms with Crippen LogP contribution in [0, 0.1) is 0 Å². The summed E-state index contributed by atoms with van der Waals surface area (Å²) in [7, 11) is 1.44. The Morgan fingerprint density at radius 3 is 2.29 bits per heavy atom. The topological polar surface area (TPSA) is 79.0 Å². The van der Waals surface area contributed by atoms with Crippen LogP contribution in [0.1, 0.15) is 21.8 Å². The molecule has 7 nitrogen and oxygen atoms in total. The van der Waals surface area contributed by atoms with Crippen LogP contribution in [0.25, 0.3) is 11.1 Å². The average molecular weight is 492 g/mol. The maximum absolute atomic E-state index is 13.2. The predicted octanol–water partition coefficient (Wildman–Crippen LogP) is 3.19. The van der Waals surface area contributed by atoms with E-state index in [-0.39, 0.29) is 28.8 Å². The van der Waals surface area contributed by atoms with Crippen LogP contribution in [0.15, 0.2) is 77.7 Å². The summed E-state index contributed by atoms with van der Waals surface area (Å²) < 4.78 is 33.2. The summed E-state index contributed by atoms with van der Waals surface area (Å²) in [5.74, 6) is 0.772. The van der Waals surface area contributed by atoms with E-state index in [2.05, 4.69) is 29.6 Å². The van der Waals surface area contributed by atoms with Crippen molar-refractivity contribution in [2.75, 3.05) is 34.3 Å². The van der Waals surface area contributed by atoms with Crippen LogP contribution in [-0.4, -0.2) is 69.9 Å². The predicted molar refractivity (Wildman–Crippen MR) is 135 cm³/mol. The summed E-state index contributed by atoms with van der Waals surface area (Å²) in [5.41, 5.74) is 3.89. The molecule has 0 saturated carbocycles. The average Bonchev–Trinajstić information content (AvgIpc) is 2.88. The van der Waals surface area contributed by atoms with E-state index in [1.54, 1.807) is 47.6 Å². The van der Waals surface area contributed by atoms with Crippen LogP contribution >= 0.6 is 0 Å². The van der Waals surface area contributed by atoms with Gasteiger partial charge in [0.15, 0.2) is 0 Å². The normalized spacial score (nSPS) is 21.7. The highest BCUT2D eigenvalue weighted by Crippen LogP contribution is 2.39. The number of rotatable bonds is 6. The number of nitrogens with one attached hydrogen (secondary N) is 1. The number of piperidine rings is 1. The molecule has 3 saturated heterocycles. The minimum atomic E-state index is -3.58. The molecule has 1 unspecified atom stereocenters. The maximum Gasteiger partial charge on any atom is 0.253 e. The molecule has 1 N–H and O–H groups in total. The van der Waals surface area contributed by atoms with E-state index >= 15 is 0 Å². The number of benzene rings is 3. The fourth-order valence-corrected chi connectivity index (χ4v) is 6.58. The van der Waals surface area contributed by atoms with Crippen LogP contribution in [0.5, 0.6) is 5.75 Å². The Balaban J connectivity index is 1.31. The van der Waals surface area contributed by atoms with Gasteiger partial charge >= 0.3 is 0 Å². The molecule has 3 atom stereocenters. The van der Waals surface area contributed by atoms with E-state index in [4.69, 9.17) is 4.74 Å². The van der Waals surface area contributed by atoms with Gasteiger partial charge in [0.2, 0.25) is 10.0 Å². The van der Waals surface area contributed by atoms with Crippen LogP contribution < -0.4 is 10.1 Å². The molecule has 0 radical (unpaired) electrons. The van der Waals surface area contributed by atoms with Crippen molar-refractivity contribution in [3.63, 3.8) is 0 Å². The van der Waals surface area contributed by atoms with Crippen molar-refractivity contribution in [1.29, 1.82) is 0 Å². The van der Waals surface area contributed by atoms with Crippen molar-refractivity contribution in [2.45, 2.75) is 22.9 Å². The second-order valence-corrected chi connectivity index (χ2v) is 11.2. The van der Waals surface area contributed by atoms with Crippen molar-refractivity contribution in [2.24, 2.45) is 0 Å². The first-order chi connectivity index (χ1) is 16.8. The SMILES string of the molecule is COc1cccc(S(=O)(=O)N2C[C@@H]3N[C@H](C2)C3c2ccc(-c3cccc(C(=O)N(C)C)c3)cc2)c1. The summed E-state index contributed by atoms with van der Waals surface area (Å²) in [6.45, 7) is 0.855. The lowest BCUT2D eigenvalue weighted by molar-refractivity contribution is 0.0827. The van der Waals surface area contributed by atoms with Crippen molar-refractivity contribution in [3.05, 3.63) is 83.9 Å². The molecule has 3 aromatic carbocycles. The van der Waals surface area contributed by atoms with E-state index in [0.717, 1.165) is 11.1 Å². The van der Waals surface area contributed by atoms with Gasteiger partial charge in [-0.3, -0.25) is 4.79 Å². The van der Waals surface area contributed by atoms with E-state index in [0.29, 0.717) is 24.4 Å². The molecule has 0 aromatic heterocycles. The Morgan fingerprint density at radius 1 is 0.943 bits per heavy atom. The zero-order valence-electron chi connectivity index (χ0n) is 20.0. The maximum atomic E-state index is 13.2. The summed E-state index contributed by atoms with van der Waals surface area (Å²) in [6, 6.07) is 22.8. The molecular weight excluding hydrogens is 462 g/mol. The van der Waals surface area contributed by atoms with E-state index < -0.39 is 10.0 Å². The quantitative estimate of drug-likeness (QED) is 0.573. The third-order valence-electron chi connectivity index (χ3n) is 6.92. The molecule has 182 valence electrons. The molecule has 1 amide bonds. The molecule has 3 fully saturated rings. The van der Waals surface area contributed by atoms with Crippen LogP contribution in [0.3, 0.4) is 0 Å². The van der Waals surface area contributed by atoms with E-state index in [1.165, 1.54) is 12.7 Å². The molecular formula is C27H29N3O4S. The number of nitrogens with zero attached hydrogens (tertiary/aromatic N) is 2. The van der Waals surface area contributed by atoms with Gasteiger partial charge in [0.1, 0.15) is 5.75 Å². The Hall–Kier alpha value is -3.20. The molecule has 3 heterocycles. The number of carbonyl (C=O) groups excluding carboxylic acids is 1. The highest BCUT2D eigenvalue weighted by atomic mass is 32.2. The van der Waals surface area contributed by atoms with Gasteiger partial charge < -0.3 is 15.0 Å². The molecule has 3 aromatic rings. The summed E-state index contributed by atoms with van der Waals surface area (Å²) in [5, 5.41) is 3.51. The Morgan fingerprint density at radius 2 is 1.63 bits per heavy atom. The molecule has 3 aliphatic heterocycles. The molecule has 35 heavy (non-hydrogen) atoms. The summed E-state index contributed by atoms with van der Waals surface area (Å²) >= 11 is 0. The molecule has 0 spiro atoms. The van der Waals surface area contributed by atoms with Gasteiger partial charge in [-0.25, -0.2) is 8.42 Å². The number of amides is 1. The summed E-state index contributed by atoms with van der Waals surface area (Å²) in [4.78, 5) is 14.1. The van der Waals surface area contributed by atoms with Crippen LogP contribution in [0.4, 0.5) is 0 Å². The van der Waals surface area contributed by atoms with Gasteiger partial charge in [0.25, 0.3) is 5.91 Å². The van der Waals surface area contributed by atoms with Crippen molar-refractivity contribution < 1.29 is 17.9 Å². The lowest BCUT2D eigenvalue weighted by atomic mass is 9.75. The highest BCUT2D eigenvalue weighted by molar-refractivity contribution is 7.89. The zero-order valence-corrected chi connectivity index (χ0v) is 20.8. The minimum absolute atomic E-state index is 0.0229. The first-order valence-corrected chi connectivity index (χ1v) is 13.0. The van der Waals surface area contributed by atoms with Crippen LogP contribution in [0.2, 0.25) is 0 Å². The number of piperazine rings is 1. The molecule has 0 aliphatic carbocycles. The van der Waals surface area contributed by atoms with Gasteiger partial charge in [0.05, 0.1) is 12.0 Å². The van der Waals surface area contributed by atoms with Gasteiger partial charge in [-0.1, -0.05) is 42.5 Å². The smallest absolute Gasteiger partial charge is 0.253 e. The number of hydrogen-bond acceptors (Lipinski definition) is 5. The van der Waals surface area contributed by atoms with E-state index in [1.807, 2.05) is 24.3 Å². The van der Waals surface area contributed by atoms with Gasteiger partial charge in [-0.05, 0) is 41.0 Å². The molecule has 8 heteroatoms. The van der Waals surface area contributed by atoms with E-state index in [9.17, 15) is 13.2 Å². The number of fused-ring (bicyclic) bond motifs is 2. The number of ether oxygens (including phenoxy) is 1. The molecule has 2 bridgehead atoms. The second-order valence-electron chi connectivity index (χ2n) is 9.31. The lowest BCUT2D eigenvalue weighted by Gasteiger charge is -2.54. The molecule has 6 rings (SSSR count). The fraction of sp³-hybridized carbons (Fsp3) is 0.296. The van der Waals surface area contributed by atoms with Gasteiger partial charge in [-0.2, -0.15) is 4.31 Å². The van der Waals surface area contributed by atoms with Crippen LogP contribution in [-0.2, 0) is 10.0 Å². The third-order valence-corrected chi connectivity index (χ3v) is 8.75. The number of sulfonamides is 1. The Bertz CT molecular complexity index is 1340. The minimum Gasteiger partial charge on any atom is -0.497 e. The first kappa shape index (κ1) is 23.5. The van der Waals surface area contributed by atoms with Gasteiger partial charge in [0, 0.05) is 56.8 Å². The summed E-state index contributed by atoms with van der Waals surface area (Å²) in [6.07, 6.45) is 0. The standard InChI is InChI=1S/C27H29N3O4S/c1-29(2)27(31)21-7-4-6-20(14-21)18-10-12-19(13-11-18)26-24-16-30(17-25(26)28-24)35(32,33)23-9-5-8-22(15-23)34-3/h4-15,24-26,28H,16-17H2,1-3H3/t24-,25+,26?. The third kappa shape index (κ3) is 4.33. The number of carbonyl (C=O) groups is 1. The zero-order chi connectivity index (χ0) is 24.7. The first-order valence-electron chi connectivity index (χ1n) is 11.6. The molecule has 3 aliphatic rings. The van der Waals surface area contributed by atoms with Crippen molar-refractivity contribution >= 4 is 15.9 Å².